The number of rotatable bonds is 2. The van der Waals surface area contributed by atoms with E-state index in [2.05, 4.69) is 0 Å². The molecule has 24 heavy (non-hydrogen) atoms. The summed E-state index contributed by atoms with van der Waals surface area (Å²) >= 11 is 0. The Morgan fingerprint density at radius 2 is 1.25 bits per heavy atom. The van der Waals surface area contributed by atoms with Crippen molar-refractivity contribution in [2.75, 3.05) is 16.3 Å². The largest absolute Gasteiger partial charge is 0.344 e. The minimum absolute atomic E-state index is 0.183. The molecule has 0 bridgehead atoms. The van der Waals surface area contributed by atoms with Gasteiger partial charge >= 0.3 is 0 Å². The molecular weight excluding hydrogens is 320 g/mol. The van der Waals surface area contributed by atoms with E-state index in [4.69, 9.17) is 0 Å². The molecule has 2 aromatic rings. The highest BCUT2D eigenvalue weighted by atomic mass is 19.1. The highest BCUT2D eigenvalue weighted by Crippen LogP contribution is 2.41. The van der Waals surface area contributed by atoms with E-state index >= 15 is 0 Å². The van der Waals surface area contributed by atoms with Crippen molar-refractivity contribution in [3.05, 3.63) is 59.7 Å². The van der Waals surface area contributed by atoms with Crippen LogP contribution in [0.1, 0.15) is 20.8 Å². The van der Waals surface area contributed by atoms with Crippen LogP contribution in [0.2, 0.25) is 0 Å². The standard InChI is InChI=1S/C18H18F4N2/c1-11-23(16-12(19)6-4-7-13(16)20)10-18(2,3)24(11)17-14(21)8-5-9-15(17)22/h4-9,11H,10H2,1-3H3/t11-/m0/s1. The van der Waals surface area contributed by atoms with Crippen molar-refractivity contribution < 1.29 is 17.6 Å². The molecule has 1 fully saturated rings. The van der Waals surface area contributed by atoms with Crippen molar-refractivity contribution in [2.24, 2.45) is 0 Å². The lowest BCUT2D eigenvalue weighted by Gasteiger charge is -2.36. The van der Waals surface area contributed by atoms with Gasteiger partial charge in [0.15, 0.2) is 0 Å². The van der Waals surface area contributed by atoms with E-state index in [1.54, 1.807) is 20.8 Å². The van der Waals surface area contributed by atoms with Crippen molar-refractivity contribution in [2.45, 2.75) is 32.5 Å². The van der Waals surface area contributed by atoms with Crippen molar-refractivity contribution in [3.8, 4) is 0 Å². The van der Waals surface area contributed by atoms with Gasteiger partial charge < -0.3 is 9.80 Å². The molecule has 0 spiro atoms. The van der Waals surface area contributed by atoms with Crippen LogP contribution in [-0.2, 0) is 0 Å². The fraction of sp³-hybridized carbons (Fsp3) is 0.333. The van der Waals surface area contributed by atoms with Crippen LogP contribution in [0.5, 0.6) is 0 Å². The van der Waals surface area contributed by atoms with Crippen LogP contribution in [0.3, 0.4) is 0 Å². The second-order valence-corrected chi connectivity index (χ2v) is 6.58. The van der Waals surface area contributed by atoms with Gasteiger partial charge in [-0.25, -0.2) is 17.6 Å². The Hall–Kier alpha value is -2.24. The van der Waals surface area contributed by atoms with Gasteiger partial charge in [0, 0.05) is 6.54 Å². The first-order valence-corrected chi connectivity index (χ1v) is 7.68. The first kappa shape index (κ1) is 16.6. The highest BCUT2D eigenvalue weighted by Gasteiger charge is 2.45. The number of halogens is 4. The summed E-state index contributed by atoms with van der Waals surface area (Å²) in [5.41, 5.74) is -1.09. The molecule has 2 nitrogen and oxygen atoms in total. The summed E-state index contributed by atoms with van der Waals surface area (Å²) in [6, 6.07) is 7.26. The molecule has 1 atom stereocenters. The molecule has 0 N–H and O–H groups in total. The van der Waals surface area contributed by atoms with Crippen LogP contribution in [0.15, 0.2) is 36.4 Å². The second kappa shape index (κ2) is 5.69. The molecular formula is C18H18F4N2. The number of hydrogen-bond acceptors (Lipinski definition) is 2. The Balaban J connectivity index is 2.11. The summed E-state index contributed by atoms with van der Waals surface area (Å²) in [4.78, 5) is 3.03. The smallest absolute Gasteiger partial charge is 0.149 e. The van der Waals surface area contributed by atoms with Crippen LogP contribution >= 0.6 is 0 Å². The maximum absolute atomic E-state index is 14.3. The normalized spacial score (nSPS) is 19.9. The molecule has 0 amide bonds. The second-order valence-electron chi connectivity index (χ2n) is 6.58. The van der Waals surface area contributed by atoms with Gasteiger partial charge in [-0.2, -0.15) is 0 Å². The lowest BCUT2D eigenvalue weighted by Crippen LogP contribution is -2.45. The average molecular weight is 338 g/mol. The van der Waals surface area contributed by atoms with E-state index in [1.807, 2.05) is 0 Å². The van der Waals surface area contributed by atoms with Gasteiger partial charge in [0.2, 0.25) is 0 Å². The van der Waals surface area contributed by atoms with Crippen LogP contribution in [-0.4, -0.2) is 18.2 Å². The van der Waals surface area contributed by atoms with Gasteiger partial charge in [-0.15, -0.1) is 0 Å². The van der Waals surface area contributed by atoms with Crippen LogP contribution in [0, 0.1) is 23.3 Å². The fourth-order valence-electron chi connectivity index (χ4n) is 3.51. The first-order chi connectivity index (χ1) is 11.2. The van der Waals surface area contributed by atoms with Gasteiger partial charge in [0.1, 0.15) is 34.6 Å². The summed E-state index contributed by atoms with van der Waals surface area (Å²) in [7, 11) is 0. The van der Waals surface area contributed by atoms with E-state index < -0.39 is 35.0 Å². The van der Waals surface area contributed by atoms with Gasteiger partial charge in [-0.05, 0) is 45.0 Å². The average Bonchev–Trinajstić information content (AvgIpc) is 2.70. The first-order valence-electron chi connectivity index (χ1n) is 7.68. The van der Waals surface area contributed by atoms with Crippen LogP contribution in [0.25, 0.3) is 0 Å². The van der Waals surface area contributed by atoms with Gasteiger partial charge in [0.05, 0.1) is 11.7 Å². The van der Waals surface area contributed by atoms with E-state index in [-0.39, 0.29) is 17.9 Å². The fourth-order valence-corrected chi connectivity index (χ4v) is 3.51. The quantitative estimate of drug-likeness (QED) is 0.733. The van der Waals surface area contributed by atoms with E-state index in [9.17, 15) is 17.6 Å². The number of anilines is 2. The number of para-hydroxylation sites is 2. The predicted octanol–water partition coefficient (Wildman–Crippen LogP) is 4.69. The summed E-state index contributed by atoms with van der Waals surface area (Å²) < 4.78 is 56.9. The summed E-state index contributed by atoms with van der Waals surface area (Å²) in [6.45, 7) is 5.47. The zero-order valence-corrected chi connectivity index (χ0v) is 13.7. The third kappa shape index (κ3) is 2.50. The molecule has 1 aliphatic rings. The van der Waals surface area contributed by atoms with Crippen molar-refractivity contribution in [1.82, 2.24) is 0 Å². The zero-order valence-electron chi connectivity index (χ0n) is 13.7. The third-order valence-electron chi connectivity index (χ3n) is 4.44. The Labute approximate surface area is 138 Å². The Morgan fingerprint density at radius 3 is 1.71 bits per heavy atom. The van der Waals surface area contributed by atoms with Gasteiger partial charge in [-0.1, -0.05) is 12.1 Å². The van der Waals surface area contributed by atoms with Gasteiger partial charge in [0.25, 0.3) is 0 Å². The molecule has 0 aromatic heterocycles. The molecule has 2 aromatic carbocycles. The van der Waals surface area contributed by atoms with Crippen LogP contribution < -0.4 is 9.80 Å². The molecule has 1 saturated heterocycles. The monoisotopic (exact) mass is 338 g/mol. The van der Waals surface area contributed by atoms with Crippen molar-refractivity contribution in [3.63, 3.8) is 0 Å². The molecule has 3 rings (SSSR count). The van der Waals surface area contributed by atoms with E-state index in [0.29, 0.717) is 0 Å². The highest BCUT2D eigenvalue weighted by molar-refractivity contribution is 5.61. The predicted molar refractivity (Wildman–Crippen MR) is 86.1 cm³/mol. The van der Waals surface area contributed by atoms with Gasteiger partial charge in [-0.3, -0.25) is 0 Å². The molecule has 0 saturated carbocycles. The lowest BCUT2D eigenvalue weighted by atomic mass is 10.0. The molecule has 6 heteroatoms. The zero-order chi connectivity index (χ0) is 17.6. The summed E-state index contributed by atoms with van der Waals surface area (Å²) in [5, 5.41) is 0. The number of hydrogen-bond donors (Lipinski definition) is 0. The van der Waals surface area contributed by atoms with Crippen LogP contribution in [0.4, 0.5) is 28.9 Å². The maximum atomic E-state index is 14.3. The topological polar surface area (TPSA) is 6.48 Å². The van der Waals surface area contributed by atoms with E-state index in [0.717, 1.165) is 0 Å². The lowest BCUT2D eigenvalue weighted by molar-refractivity contribution is 0.495. The Morgan fingerprint density at radius 1 is 0.833 bits per heavy atom. The number of benzene rings is 2. The molecule has 0 unspecified atom stereocenters. The molecule has 0 radical (unpaired) electrons. The molecule has 128 valence electrons. The maximum Gasteiger partial charge on any atom is 0.149 e. The number of nitrogens with zero attached hydrogens (tertiary/aromatic N) is 2. The van der Waals surface area contributed by atoms with Crippen molar-refractivity contribution >= 4 is 11.4 Å². The Kier molecular flexibility index (Phi) is 3.94. The van der Waals surface area contributed by atoms with Crippen molar-refractivity contribution in [1.29, 1.82) is 0 Å². The SMILES string of the molecule is C[C@H]1N(c2c(F)cccc2F)CC(C)(C)N1c1c(F)cccc1F. The minimum Gasteiger partial charge on any atom is -0.344 e. The summed E-state index contributed by atoms with van der Waals surface area (Å²) in [5.74, 6) is -2.81. The van der Waals surface area contributed by atoms with E-state index in [1.165, 1.54) is 46.2 Å². The molecule has 0 aliphatic carbocycles. The third-order valence-corrected chi connectivity index (χ3v) is 4.44. The Bertz CT molecular complexity index is 735. The molecule has 1 aliphatic heterocycles. The minimum atomic E-state index is -0.725. The molecule has 1 heterocycles. The summed E-state index contributed by atoms with van der Waals surface area (Å²) in [6.07, 6.45) is -0.627.